The first-order valence-electron chi connectivity index (χ1n) is 14.1. The van der Waals surface area contributed by atoms with Crippen molar-refractivity contribution in [1.29, 1.82) is 0 Å². The first-order chi connectivity index (χ1) is 19.7. The van der Waals surface area contributed by atoms with Crippen molar-refractivity contribution in [3.63, 3.8) is 0 Å². The molecule has 7 heteroatoms. The topological polar surface area (TPSA) is 78.5 Å². The number of nitrogens with zero attached hydrogens (tertiary/aromatic N) is 1. The van der Waals surface area contributed by atoms with Crippen LogP contribution in [0.25, 0.3) is 0 Å². The Morgan fingerprint density at radius 1 is 0.829 bits per heavy atom. The minimum atomic E-state index is -3.75. The Bertz CT molecular complexity index is 1580. The van der Waals surface area contributed by atoms with E-state index in [0.29, 0.717) is 16.9 Å². The number of sulfonamides is 1. The van der Waals surface area contributed by atoms with Crippen molar-refractivity contribution in [2.45, 2.75) is 44.6 Å². The van der Waals surface area contributed by atoms with Crippen molar-refractivity contribution in [2.24, 2.45) is 5.92 Å². The zero-order chi connectivity index (χ0) is 28.8. The highest BCUT2D eigenvalue weighted by Gasteiger charge is 2.20. The summed E-state index contributed by atoms with van der Waals surface area (Å²) >= 11 is 0. The fourth-order valence-electron chi connectivity index (χ4n) is 5.37. The average Bonchev–Trinajstić information content (AvgIpc) is 2.97. The molecule has 4 aromatic rings. The Kier molecular flexibility index (Phi) is 8.86. The number of nitrogens with one attached hydrogen (secondary N) is 2. The van der Waals surface area contributed by atoms with Gasteiger partial charge in [-0.3, -0.25) is 14.4 Å². The third-order valence-corrected chi connectivity index (χ3v) is 9.13. The van der Waals surface area contributed by atoms with Gasteiger partial charge in [0.25, 0.3) is 15.9 Å². The summed E-state index contributed by atoms with van der Waals surface area (Å²) in [7, 11) is -3.75. The molecule has 0 aromatic heterocycles. The SMILES string of the molecule is Cc1ccc(NS(=O)(=O)c2ccc(NC(=O)c3ccc(CN4CCC(Cc5ccccc5)CC4)cc3)cc2)c(C)c1. The highest BCUT2D eigenvalue weighted by atomic mass is 32.2. The van der Waals surface area contributed by atoms with Crippen LogP contribution in [0, 0.1) is 19.8 Å². The number of aryl methyl sites for hydroxylation is 2. The molecule has 0 unspecified atom stereocenters. The number of anilines is 2. The van der Waals surface area contributed by atoms with Crippen molar-refractivity contribution >= 4 is 27.3 Å². The van der Waals surface area contributed by atoms with Crippen molar-refractivity contribution in [3.8, 4) is 0 Å². The zero-order valence-electron chi connectivity index (χ0n) is 23.6. The highest BCUT2D eigenvalue weighted by Crippen LogP contribution is 2.24. The summed E-state index contributed by atoms with van der Waals surface area (Å²) < 4.78 is 28.4. The monoisotopic (exact) mass is 567 g/mol. The lowest BCUT2D eigenvalue weighted by Crippen LogP contribution is -2.33. The van der Waals surface area contributed by atoms with Crippen LogP contribution in [0.1, 0.15) is 45.5 Å². The maximum atomic E-state index is 12.9. The zero-order valence-corrected chi connectivity index (χ0v) is 24.5. The van der Waals surface area contributed by atoms with E-state index in [2.05, 4.69) is 45.3 Å². The van der Waals surface area contributed by atoms with Crippen molar-refractivity contribution in [2.75, 3.05) is 23.1 Å². The second-order valence-electron chi connectivity index (χ2n) is 11.0. The van der Waals surface area contributed by atoms with Gasteiger partial charge in [0, 0.05) is 17.8 Å². The van der Waals surface area contributed by atoms with Gasteiger partial charge < -0.3 is 5.32 Å². The Morgan fingerprint density at radius 2 is 1.51 bits per heavy atom. The number of carbonyl (C=O) groups is 1. The van der Waals surface area contributed by atoms with Gasteiger partial charge in [0.1, 0.15) is 0 Å². The molecule has 1 heterocycles. The van der Waals surface area contributed by atoms with Crippen LogP contribution in [0.15, 0.2) is 102 Å². The van der Waals surface area contributed by atoms with Gasteiger partial charge in [-0.1, -0.05) is 60.2 Å². The van der Waals surface area contributed by atoms with E-state index >= 15 is 0 Å². The lowest BCUT2D eigenvalue weighted by molar-refractivity contribution is 0.102. The Balaban J connectivity index is 1.11. The molecule has 1 aliphatic heterocycles. The number of amides is 1. The highest BCUT2D eigenvalue weighted by molar-refractivity contribution is 7.92. The lowest BCUT2D eigenvalue weighted by atomic mass is 9.90. The number of rotatable bonds is 9. The molecule has 0 atom stereocenters. The quantitative estimate of drug-likeness (QED) is 0.233. The number of likely N-dealkylation sites (tertiary alicyclic amines) is 1. The van der Waals surface area contributed by atoms with Gasteiger partial charge in [0.2, 0.25) is 0 Å². The van der Waals surface area contributed by atoms with E-state index in [1.54, 1.807) is 18.2 Å². The van der Waals surface area contributed by atoms with Crippen LogP contribution < -0.4 is 10.0 Å². The Hall–Kier alpha value is -3.94. The minimum absolute atomic E-state index is 0.129. The van der Waals surface area contributed by atoms with Gasteiger partial charge in [-0.25, -0.2) is 8.42 Å². The second kappa shape index (κ2) is 12.7. The molecule has 0 radical (unpaired) electrons. The molecule has 1 fully saturated rings. The smallest absolute Gasteiger partial charge is 0.261 e. The summed E-state index contributed by atoms with van der Waals surface area (Å²) in [6, 6.07) is 30.2. The number of piperidine rings is 1. The van der Waals surface area contributed by atoms with E-state index in [1.165, 1.54) is 36.1 Å². The van der Waals surface area contributed by atoms with E-state index in [0.717, 1.165) is 43.1 Å². The molecule has 1 amide bonds. The molecule has 1 aliphatic rings. The number of hydrogen-bond acceptors (Lipinski definition) is 4. The van der Waals surface area contributed by atoms with Gasteiger partial charge in [0.15, 0.2) is 0 Å². The summed E-state index contributed by atoms with van der Waals surface area (Å²) in [4.78, 5) is 15.5. The van der Waals surface area contributed by atoms with Crippen LogP contribution >= 0.6 is 0 Å². The summed E-state index contributed by atoms with van der Waals surface area (Å²) in [5.74, 6) is 0.504. The van der Waals surface area contributed by atoms with Gasteiger partial charge >= 0.3 is 0 Å². The molecular weight excluding hydrogens is 530 g/mol. The molecular formula is C34H37N3O3S. The molecule has 4 aromatic carbocycles. The normalized spacial score (nSPS) is 14.5. The van der Waals surface area contributed by atoms with Crippen LogP contribution in [-0.4, -0.2) is 32.3 Å². The van der Waals surface area contributed by atoms with Crippen LogP contribution in [0.5, 0.6) is 0 Å². The number of carbonyl (C=O) groups excluding carboxylic acids is 1. The van der Waals surface area contributed by atoms with E-state index in [9.17, 15) is 13.2 Å². The second-order valence-corrected chi connectivity index (χ2v) is 12.7. The number of hydrogen-bond donors (Lipinski definition) is 2. The molecule has 0 saturated carbocycles. The largest absolute Gasteiger partial charge is 0.322 e. The maximum Gasteiger partial charge on any atom is 0.261 e. The van der Waals surface area contributed by atoms with E-state index in [-0.39, 0.29) is 10.8 Å². The molecule has 0 spiro atoms. The molecule has 5 rings (SSSR count). The van der Waals surface area contributed by atoms with Crippen LogP contribution in [0.4, 0.5) is 11.4 Å². The minimum Gasteiger partial charge on any atom is -0.322 e. The van der Waals surface area contributed by atoms with Crippen molar-refractivity contribution in [1.82, 2.24) is 4.90 Å². The van der Waals surface area contributed by atoms with E-state index in [1.807, 2.05) is 50.2 Å². The first-order valence-corrected chi connectivity index (χ1v) is 15.6. The molecule has 0 aliphatic carbocycles. The summed E-state index contributed by atoms with van der Waals surface area (Å²) in [5, 5.41) is 2.86. The predicted molar refractivity (Wildman–Crippen MR) is 166 cm³/mol. The Morgan fingerprint density at radius 3 is 2.17 bits per heavy atom. The maximum absolute atomic E-state index is 12.9. The van der Waals surface area contributed by atoms with Crippen molar-refractivity contribution in [3.05, 3.63) is 125 Å². The van der Waals surface area contributed by atoms with Gasteiger partial charge in [-0.2, -0.15) is 0 Å². The fourth-order valence-corrected chi connectivity index (χ4v) is 6.50. The Labute approximate surface area is 243 Å². The van der Waals surface area contributed by atoms with E-state index in [4.69, 9.17) is 0 Å². The third-order valence-electron chi connectivity index (χ3n) is 7.75. The molecule has 6 nitrogen and oxygen atoms in total. The lowest BCUT2D eigenvalue weighted by Gasteiger charge is -2.32. The molecule has 1 saturated heterocycles. The average molecular weight is 568 g/mol. The summed E-state index contributed by atoms with van der Waals surface area (Å²) in [5.41, 5.74) is 6.16. The van der Waals surface area contributed by atoms with Gasteiger partial charge in [0.05, 0.1) is 10.6 Å². The predicted octanol–water partition coefficient (Wildman–Crippen LogP) is 6.81. The van der Waals surface area contributed by atoms with Crippen LogP contribution in [-0.2, 0) is 23.0 Å². The number of benzene rings is 4. The van der Waals surface area contributed by atoms with Crippen LogP contribution in [0.2, 0.25) is 0 Å². The van der Waals surface area contributed by atoms with Crippen LogP contribution in [0.3, 0.4) is 0 Å². The van der Waals surface area contributed by atoms with Gasteiger partial charge in [-0.15, -0.1) is 0 Å². The van der Waals surface area contributed by atoms with E-state index < -0.39 is 10.0 Å². The molecule has 212 valence electrons. The standard InChI is InChI=1S/C34H37N3O3S/c1-25-8-17-33(26(2)22-25)36-41(39,40)32-15-13-31(14-16-32)35-34(38)30-11-9-29(10-12-30)24-37-20-18-28(19-21-37)23-27-6-4-3-5-7-27/h3-17,22,28,36H,18-21,23-24H2,1-2H3,(H,35,38). The summed E-state index contributed by atoms with van der Waals surface area (Å²) in [6.45, 7) is 6.89. The van der Waals surface area contributed by atoms with Gasteiger partial charge in [-0.05, 0) is 111 Å². The summed E-state index contributed by atoms with van der Waals surface area (Å²) in [6.07, 6.45) is 3.56. The first kappa shape index (κ1) is 28.6. The fraction of sp³-hybridized carbons (Fsp3) is 0.265. The third kappa shape index (κ3) is 7.63. The molecule has 2 N–H and O–H groups in total. The molecule has 41 heavy (non-hydrogen) atoms. The van der Waals surface area contributed by atoms with Crippen molar-refractivity contribution < 1.29 is 13.2 Å². The molecule has 0 bridgehead atoms.